The third-order valence-electron chi connectivity index (χ3n) is 3.24. The number of hydrogen-bond donors (Lipinski definition) is 0. The molecule has 1 saturated heterocycles. The first kappa shape index (κ1) is 14.1. The number of esters is 1. The Bertz CT molecular complexity index is 570. The Kier molecular flexibility index (Phi) is 3.99. The number of rotatable bonds is 3. The summed E-state index contributed by atoms with van der Waals surface area (Å²) in [6.07, 6.45) is 1.28. The van der Waals surface area contributed by atoms with Crippen molar-refractivity contribution in [2.45, 2.75) is 39.2 Å². The van der Waals surface area contributed by atoms with Crippen LogP contribution in [0, 0.1) is 6.92 Å². The van der Waals surface area contributed by atoms with Gasteiger partial charge in [0.15, 0.2) is 9.84 Å². The molecular formula is C13H18O5S. The number of carbonyl (C=O) groups excluding carboxylic acids is 1. The Hall–Kier alpha value is -1.30. The van der Waals surface area contributed by atoms with Crippen LogP contribution in [0.15, 0.2) is 10.5 Å². The molecule has 1 aliphatic rings. The normalized spacial score (nSPS) is 22.1. The van der Waals surface area contributed by atoms with E-state index in [1.807, 2.05) is 13.8 Å². The fourth-order valence-corrected chi connectivity index (χ4v) is 3.83. The molecule has 0 N–H and O–H groups in total. The van der Waals surface area contributed by atoms with Crippen molar-refractivity contribution in [1.82, 2.24) is 0 Å². The minimum atomic E-state index is -3.08. The number of furan rings is 1. The van der Waals surface area contributed by atoms with Gasteiger partial charge in [-0.2, -0.15) is 0 Å². The van der Waals surface area contributed by atoms with Gasteiger partial charge in [0.05, 0.1) is 11.5 Å². The number of ether oxygens (including phenoxy) is 1. The average molecular weight is 286 g/mol. The summed E-state index contributed by atoms with van der Waals surface area (Å²) in [5, 5.41) is 0. The molecule has 0 aromatic carbocycles. The van der Waals surface area contributed by atoms with Crippen LogP contribution in [-0.4, -0.2) is 32.0 Å². The van der Waals surface area contributed by atoms with Crippen LogP contribution in [0.25, 0.3) is 0 Å². The molecule has 2 heterocycles. The maximum Gasteiger partial charge on any atom is 0.374 e. The lowest BCUT2D eigenvalue weighted by molar-refractivity contribution is 0.0286. The summed E-state index contributed by atoms with van der Waals surface area (Å²) < 4.78 is 33.5. The molecule has 0 amide bonds. The van der Waals surface area contributed by atoms with Crippen LogP contribution < -0.4 is 0 Å². The molecule has 1 aromatic heterocycles. The van der Waals surface area contributed by atoms with E-state index in [2.05, 4.69) is 0 Å². The molecule has 5 nitrogen and oxygen atoms in total. The van der Waals surface area contributed by atoms with Gasteiger partial charge in [-0.15, -0.1) is 0 Å². The third-order valence-corrected chi connectivity index (χ3v) is 5.03. The highest BCUT2D eigenvalue weighted by Gasteiger charge is 2.28. The van der Waals surface area contributed by atoms with Crippen molar-refractivity contribution in [3.63, 3.8) is 0 Å². The van der Waals surface area contributed by atoms with Crippen LogP contribution in [-0.2, 0) is 21.0 Å². The molecule has 1 aliphatic heterocycles. The van der Waals surface area contributed by atoms with Gasteiger partial charge in [-0.05, 0) is 31.4 Å². The Labute approximate surface area is 112 Å². The van der Waals surface area contributed by atoms with Gasteiger partial charge in [-0.1, -0.05) is 6.92 Å². The van der Waals surface area contributed by atoms with Crippen LogP contribution >= 0.6 is 0 Å². The summed E-state index contributed by atoms with van der Waals surface area (Å²) in [5.74, 6) is 0.422. The highest BCUT2D eigenvalue weighted by molar-refractivity contribution is 7.91. The van der Waals surface area contributed by atoms with E-state index in [1.165, 1.54) is 0 Å². The minimum absolute atomic E-state index is 0.0843. The second kappa shape index (κ2) is 5.36. The molecule has 2 rings (SSSR count). The SMILES string of the molecule is CCc1oc(C(=O)OC2CCCS(=O)(=O)C2)cc1C. The number of aryl methyl sites for hydroxylation is 2. The van der Waals surface area contributed by atoms with E-state index >= 15 is 0 Å². The molecule has 0 aliphatic carbocycles. The van der Waals surface area contributed by atoms with Gasteiger partial charge in [-0.25, -0.2) is 13.2 Å². The van der Waals surface area contributed by atoms with Crippen molar-refractivity contribution >= 4 is 15.8 Å². The van der Waals surface area contributed by atoms with E-state index in [4.69, 9.17) is 9.15 Å². The van der Waals surface area contributed by atoms with E-state index in [9.17, 15) is 13.2 Å². The van der Waals surface area contributed by atoms with Crippen molar-refractivity contribution in [2.75, 3.05) is 11.5 Å². The van der Waals surface area contributed by atoms with Gasteiger partial charge < -0.3 is 9.15 Å². The maximum atomic E-state index is 11.9. The van der Waals surface area contributed by atoms with Gasteiger partial charge in [0, 0.05) is 6.42 Å². The largest absolute Gasteiger partial charge is 0.455 e. The topological polar surface area (TPSA) is 73.6 Å². The summed E-state index contributed by atoms with van der Waals surface area (Å²) in [5.41, 5.74) is 0.908. The third kappa shape index (κ3) is 3.37. The zero-order chi connectivity index (χ0) is 14.0. The zero-order valence-electron chi connectivity index (χ0n) is 11.1. The van der Waals surface area contributed by atoms with E-state index in [-0.39, 0.29) is 17.3 Å². The summed E-state index contributed by atoms with van der Waals surface area (Å²) in [4.78, 5) is 11.9. The molecule has 19 heavy (non-hydrogen) atoms. The Morgan fingerprint density at radius 2 is 2.26 bits per heavy atom. The van der Waals surface area contributed by atoms with Gasteiger partial charge >= 0.3 is 5.97 Å². The van der Waals surface area contributed by atoms with Crippen molar-refractivity contribution in [1.29, 1.82) is 0 Å². The van der Waals surface area contributed by atoms with Crippen LogP contribution in [0.1, 0.15) is 41.6 Å². The molecule has 6 heteroatoms. The molecule has 1 aromatic rings. The summed E-state index contributed by atoms with van der Waals surface area (Å²) in [6.45, 7) is 3.80. The lowest BCUT2D eigenvalue weighted by atomic mass is 10.2. The van der Waals surface area contributed by atoms with E-state index in [1.54, 1.807) is 6.07 Å². The van der Waals surface area contributed by atoms with Gasteiger partial charge in [0.25, 0.3) is 0 Å². The lowest BCUT2D eigenvalue weighted by Crippen LogP contribution is -2.32. The summed E-state index contributed by atoms with van der Waals surface area (Å²) in [6, 6.07) is 1.64. The second-order valence-corrected chi connectivity index (χ2v) is 7.08. The van der Waals surface area contributed by atoms with Crippen LogP contribution in [0.5, 0.6) is 0 Å². The molecule has 106 valence electrons. The summed E-state index contributed by atoms with van der Waals surface area (Å²) in [7, 11) is -3.08. The monoisotopic (exact) mass is 286 g/mol. The first-order valence-electron chi connectivity index (χ1n) is 6.42. The van der Waals surface area contributed by atoms with E-state index in [0.717, 1.165) is 11.3 Å². The molecule has 0 radical (unpaired) electrons. The highest BCUT2D eigenvalue weighted by Crippen LogP contribution is 2.20. The minimum Gasteiger partial charge on any atom is -0.455 e. The number of sulfone groups is 1. The fourth-order valence-electron chi connectivity index (χ4n) is 2.25. The quantitative estimate of drug-likeness (QED) is 0.793. The summed E-state index contributed by atoms with van der Waals surface area (Å²) >= 11 is 0. The second-order valence-electron chi connectivity index (χ2n) is 4.85. The van der Waals surface area contributed by atoms with Crippen molar-refractivity contribution < 1.29 is 22.4 Å². The van der Waals surface area contributed by atoms with Gasteiger partial charge in [0.1, 0.15) is 11.9 Å². The van der Waals surface area contributed by atoms with E-state index in [0.29, 0.717) is 19.3 Å². The zero-order valence-corrected chi connectivity index (χ0v) is 12.0. The molecule has 0 spiro atoms. The number of carbonyl (C=O) groups is 1. The average Bonchev–Trinajstić information content (AvgIpc) is 2.69. The highest BCUT2D eigenvalue weighted by atomic mass is 32.2. The molecule has 0 bridgehead atoms. The van der Waals surface area contributed by atoms with E-state index < -0.39 is 21.9 Å². The lowest BCUT2D eigenvalue weighted by Gasteiger charge is -2.21. The predicted octanol–water partition coefficient (Wildman–Crippen LogP) is 1.88. The molecule has 0 saturated carbocycles. The molecule has 1 fully saturated rings. The van der Waals surface area contributed by atoms with Crippen LogP contribution in [0.4, 0.5) is 0 Å². The molecular weight excluding hydrogens is 268 g/mol. The van der Waals surface area contributed by atoms with Crippen molar-refractivity contribution in [2.24, 2.45) is 0 Å². The molecule has 1 atom stereocenters. The Morgan fingerprint density at radius 3 is 2.84 bits per heavy atom. The fraction of sp³-hybridized carbons (Fsp3) is 0.615. The smallest absolute Gasteiger partial charge is 0.374 e. The maximum absolute atomic E-state index is 11.9. The first-order valence-corrected chi connectivity index (χ1v) is 8.24. The van der Waals surface area contributed by atoms with Crippen LogP contribution in [0.3, 0.4) is 0 Å². The van der Waals surface area contributed by atoms with Gasteiger partial charge in [0.2, 0.25) is 5.76 Å². The van der Waals surface area contributed by atoms with Crippen molar-refractivity contribution in [3.8, 4) is 0 Å². The standard InChI is InChI=1S/C13H18O5S/c1-3-11-9(2)7-12(18-11)13(14)17-10-5-4-6-19(15,16)8-10/h7,10H,3-6,8H2,1-2H3. The predicted molar refractivity (Wildman–Crippen MR) is 69.9 cm³/mol. The van der Waals surface area contributed by atoms with Gasteiger partial charge in [-0.3, -0.25) is 0 Å². The first-order chi connectivity index (χ1) is 8.91. The van der Waals surface area contributed by atoms with Crippen LogP contribution in [0.2, 0.25) is 0 Å². The van der Waals surface area contributed by atoms with Crippen molar-refractivity contribution in [3.05, 3.63) is 23.2 Å². The Morgan fingerprint density at radius 1 is 1.53 bits per heavy atom. The number of hydrogen-bond acceptors (Lipinski definition) is 5. The molecule has 1 unspecified atom stereocenters. The Balaban J connectivity index is 2.04.